The maximum atomic E-state index is 13.9. The Kier molecular flexibility index (Phi) is 4.59. The zero-order valence-corrected chi connectivity index (χ0v) is 11.0. The predicted octanol–water partition coefficient (Wildman–Crippen LogP) is 3.65. The summed E-state index contributed by atoms with van der Waals surface area (Å²) >= 11 is 0. The van der Waals surface area contributed by atoms with E-state index in [1.54, 1.807) is 13.0 Å². The molecule has 18 heavy (non-hydrogen) atoms. The molecule has 3 heteroatoms. The number of benzene rings is 1. The Morgan fingerprint density at radius 3 is 2.33 bits per heavy atom. The van der Waals surface area contributed by atoms with E-state index in [0.717, 1.165) is 31.6 Å². The van der Waals surface area contributed by atoms with Gasteiger partial charge in [0.25, 0.3) is 0 Å². The summed E-state index contributed by atoms with van der Waals surface area (Å²) in [5.74, 6) is -0.301. The Morgan fingerprint density at radius 2 is 1.72 bits per heavy atom. The second-order valence-corrected chi connectivity index (χ2v) is 5.10. The van der Waals surface area contributed by atoms with E-state index in [1.807, 2.05) is 6.07 Å². The van der Waals surface area contributed by atoms with Crippen molar-refractivity contribution in [2.75, 3.05) is 18.0 Å². The molecule has 1 fully saturated rings. The average molecular weight is 251 g/mol. The fourth-order valence-electron chi connectivity index (χ4n) is 2.70. The number of rotatable bonds is 2. The van der Waals surface area contributed by atoms with Gasteiger partial charge in [-0.25, -0.2) is 4.39 Å². The zero-order valence-electron chi connectivity index (χ0n) is 11.0. The van der Waals surface area contributed by atoms with Gasteiger partial charge in [0.15, 0.2) is 0 Å². The van der Waals surface area contributed by atoms with Crippen LogP contribution in [0.2, 0.25) is 0 Å². The minimum absolute atomic E-state index is 0.301. The van der Waals surface area contributed by atoms with Crippen LogP contribution in [0.4, 0.5) is 10.1 Å². The van der Waals surface area contributed by atoms with Crippen molar-refractivity contribution in [3.63, 3.8) is 0 Å². The van der Waals surface area contributed by atoms with Crippen molar-refractivity contribution in [1.29, 1.82) is 0 Å². The van der Waals surface area contributed by atoms with Gasteiger partial charge >= 0.3 is 0 Å². The lowest BCUT2D eigenvalue weighted by atomic mass is 10.0. The molecule has 1 aliphatic rings. The van der Waals surface area contributed by atoms with Crippen LogP contribution in [-0.2, 0) is 0 Å². The van der Waals surface area contributed by atoms with Gasteiger partial charge in [0, 0.05) is 24.3 Å². The lowest BCUT2D eigenvalue weighted by molar-refractivity contribution is 0.194. The summed E-state index contributed by atoms with van der Waals surface area (Å²) in [7, 11) is 0. The van der Waals surface area contributed by atoms with Crippen LogP contribution in [0, 0.1) is 5.82 Å². The van der Waals surface area contributed by atoms with Crippen LogP contribution >= 0.6 is 0 Å². The molecule has 0 saturated carbocycles. The second kappa shape index (κ2) is 6.19. The molecule has 0 aliphatic carbocycles. The van der Waals surface area contributed by atoms with E-state index in [1.165, 1.54) is 25.3 Å². The van der Waals surface area contributed by atoms with E-state index >= 15 is 0 Å². The largest absolute Gasteiger partial charge is 0.389 e. The third-order valence-electron chi connectivity index (χ3n) is 3.64. The van der Waals surface area contributed by atoms with E-state index in [2.05, 4.69) is 4.90 Å². The smallest absolute Gasteiger partial charge is 0.131 e. The molecule has 0 radical (unpaired) electrons. The van der Waals surface area contributed by atoms with E-state index in [9.17, 15) is 9.50 Å². The SMILES string of the molecule is CC(O)c1c(F)cccc1N1CCCCCCC1. The molecule has 0 spiro atoms. The van der Waals surface area contributed by atoms with Gasteiger partial charge in [-0.2, -0.15) is 0 Å². The van der Waals surface area contributed by atoms with Crippen molar-refractivity contribution in [3.05, 3.63) is 29.6 Å². The molecular weight excluding hydrogens is 229 g/mol. The third kappa shape index (κ3) is 3.02. The van der Waals surface area contributed by atoms with Crippen LogP contribution in [-0.4, -0.2) is 18.2 Å². The standard InChI is InChI=1S/C15H22FNO/c1-12(18)15-13(16)8-7-9-14(15)17-10-5-3-2-4-6-11-17/h7-9,12,18H,2-6,10-11H2,1H3. The van der Waals surface area contributed by atoms with Gasteiger partial charge in [-0.1, -0.05) is 25.3 Å². The van der Waals surface area contributed by atoms with Crippen LogP contribution in [0.15, 0.2) is 18.2 Å². The summed E-state index contributed by atoms with van der Waals surface area (Å²) in [4.78, 5) is 2.23. The lowest BCUT2D eigenvalue weighted by Gasteiger charge is -2.29. The first-order chi connectivity index (χ1) is 8.70. The molecule has 1 atom stereocenters. The molecule has 0 amide bonds. The summed E-state index contributed by atoms with van der Waals surface area (Å²) in [6.45, 7) is 3.55. The monoisotopic (exact) mass is 251 g/mol. The van der Waals surface area contributed by atoms with Crippen LogP contribution in [0.5, 0.6) is 0 Å². The van der Waals surface area contributed by atoms with Crippen molar-refractivity contribution in [3.8, 4) is 0 Å². The van der Waals surface area contributed by atoms with E-state index < -0.39 is 6.10 Å². The van der Waals surface area contributed by atoms with Gasteiger partial charge in [0.2, 0.25) is 0 Å². The number of anilines is 1. The zero-order chi connectivity index (χ0) is 13.0. The highest BCUT2D eigenvalue weighted by Crippen LogP contribution is 2.30. The Labute approximate surface area is 108 Å². The maximum Gasteiger partial charge on any atom is 0.131 e. The van der Waals surface area contributed by atoms with Crippen molar-refractivity contribution in [1.82, 2.24) is 0 Å². The van der Waals surface area contributed by atoms with Gasteiger partial charge in [0.05, 0.1) is 6.10 Å². The molecule has 100 valence electrons. The van der Waals surface area contributed by atoms with Crippen LogP contribution < -0.4 is 4.90 Å². The normalized spacial score (nSPS) is 19.2. The fourth-order valence-corrected chi connectivity index (χ4v) is 2.70. The molecule has 1 N–H and O–H groups in total. The molecule has 0 bridgehead atoms. The molecule has 2 nitrogen and oxygen atoms in total. The number of hydrogen-bond donors (Lipinski definition) is 1. The highest BCUT2D eigenvalue weighted by Gasteiger charge is 2.18. The number of halogens is 1. The van der Waals surface area contributed by atoms with Crippen LogP contribution in [0.25, 0.3) is 0 Å². The topological polar surface area (TPSA) is 23.5 Å². The molecule has 1 unspecified atom stereocenters. The fraction of sp³-hybridized carbons (Fsp3) is 0.600. The summed E-state index contributed by atoms with van der Waals surface area (Å²) in [5.41, 5.74) is 1.31. The van der Waals surface area contributed by atoms with Gasteiger partial charge in [-0.05, 0) is 31.9 Å². The quantitative estimate of drug-likeness (QED) is 0.867. The minimum Gasteiger partial charge on any atom is -0.389 e. The van der Waals surface area contributed by atoms with Gasteiger partial charge in [-0.15, -0.1) is 0 Å². The maximum absolute atomic E-state index is 13.9. The third-order valence-corrected chi connectivity index (χ3v) is 3.64. The van der Waals surface area contributed by atoms with E-state index in [-0.39, 0.29) is 5.82 Å². The van der Waals surface area contributed by atoms with Crippen molar-refractivity contribution in [2.24, 2.45) is 0 Å². The number of aliphatic hydroxyl groups excluding tert-OH is 1. The highest BCUT2D eigenvalue weighted by molar-refractivity contribution is 5.55. The number of nitrogens with zero attached hydrogens (tertiary/aromatic N) is 1. The van der Waals surface area contributed by atoms with Crippen molar-refractivity contribution < 1.29 is 9.50 Å². The second-order valence-electron chi connectivity index (χ2n) is 5.10. The Hall–Kier alpha value is -1.09. The molecule has 1 saturated heterocycles. The van der Waals surface area contributed by atoms with Crippen molar-refractivity contribution >= 4 is 5.69 Å². The molecule has 1 aliphatic heterocycles. The first-order valence-electron chi connectivity index (χ1n) is 6.91. The van der Waals surface area contributed by atoms with Gasteiger partial charge in [-0.3, -0.25) is 0 Å². The summed E-state index contributed by atoms with van der Waals surface area (Å²) < 4.78 is 13.9. The average Bonchev–Trinajstić information content (AvgIpc) is 2.27. The molecule has 0 aromatic heterocycles. The summed E-state index contributed by atoms with van der Waals surface area (Å²) in [5, 5.41) is 9.78. The molecule has 1 aromatic carbocycles. The Bertz CT molecular complexity index is 384. The van der Waals surface area contributed by atoms with Crippen LogP contribution in [0.1, 0.15) is 50.7 Å². The van der Waals surface area contributed by atoms with Crippen LogP contribution in [0.3, 0.4) is 0 Å². The first-order valence-corrected chi connectivity index (χ1v) is 6.91. The molecule has 1 heterocycles. The Morgan fingerprint density at radius 1 is 1.11 bits per heavy atom. The van der Waals surface area contributed by atoms with Gasteiger partial charge in [0.1, 0.15) is 5.82 Å². The summed E-state index contributed by atoms with van der Waals surface area (Å²) in [6.07, 6.45) is 5.34. The van der Waals surface area contributed by atoms with E-state index in [4.69, 9.17) is 0 Å². The molecule has 2 rings (SSSR count). The highest BCUT2D eigenvalue weighted by atomic mass is 19.1. The molecule has 1 aromatic rings. The minimum atomic E-state index is -0.758. The number of hydrogen-bond acceptors (Lipinski definition) is 2. The van der Waals surface area contributed by atoms with Crippen molar-refractivity contribution in [2.45, 2.75) is 45.1 Å². The molecular formula is C15H22FNO. The first kappa shape index (κ1) is 13.3. The number of aliphatic hydroxyl groups is 1. The Balaban J connectivity index is 2.27. The van der Waals surface area contributed by atoms with Gasteiger partial charge < -0.3 is 10.0 Å². The van der Waals surface area contributed by atoms with E-state index in [0.29, 0.717) is 5.56 Å². The summed E-state index contributed by atoms with van der Waals surface area (Å²) in [6, 6.07) is 5.08. The lowest BCUT2D eigenvalue weighted by Crippen LogP contribution is -2.28. The predicted molar refractivity (Wildman–Crippen MR) is 72.3 cm³/mol.